The Kier molecular flexibility index (Phi) is 5.87. The Hall–Kier alpha value is -3.23. The van der Waals surface area contributed by atoms with Gasteiger partial charge in [-0.1, -0.05) is 71.6 Å². The number of thioether (sulfide) groups is 1. The molecule has 0 fully saturated rings. The molecular weight excluding hydrogens is 440 g/mol. The van der Waals surface area contributed by atoms with Crippen LogP contribution in [0.25, 0.3) is 10.8 Å². The minimum atomic E-state index is -0.162. The third-order valence-electron chi connectivity index (χ3n) is 5.41. The molecule has 0 bridgehead atoms. The minimum absolute atomic E-state index is 0.0539. The molecule has 2 heterocycles. The minimum Gasteiger partial charge on any atom is -0.497 e. The number of hydrogen-bond acceptors (Lipinski definition) is 7. The van der Waals surface area contributed by atoms with Gasteiger partial charge in [-0.3, -0.25) is 4.79 Å². The number of aromatic nitrogens is 2. The summed E-state index contributed by atoms with van der Waals surface area (Å²) in [6.07, 6.45) is 0.653. The van der Waals surface area contributed by atoms with Gasteiger partial charge in [-0.25, -0.2) is 5.01 Å². The molecule has 0 saturated carbocycles. The molecule has 32 heavy (non-hydrogen) atoms. The number of carbonyl (C=O) groups excluding carboxylic acids is 1. The molecule has 1 atom stereocenters. The van der Waals surface area contributed by atoms with Crippen molar-refractivity contribution in [1.82, 2.24) is 15.2 Å². The first kappa shape index (κ1) is 20.7. The highest BCUT2D eigenvalue weighted by molar-refractivity contribution is 8.01. The van der Waals surface area contributed by atoms with Gasteiger partial charge in [0.15, 0.2) is 4.34 Å². The molecule has 8 heteroatoms. The Labute approximate surface area is 193 Å². The van der Waals surface area contributed by atoms with E-state index in [-0.39, 0.29) is 17.7 Å². The maximum absolute atomic E-state index is 13.2. The fraction of sp³-hybridized carbons (Fsp3) is 0.167. The molecule has 1 amide bonds. The molecule has 4 aromatic rings. The van der Waals surface area contributed by atoms with E-state index in [0.29, 0.717) is 6.42 Å². The van der Waals surface area contributed by atoms with Gasteiger partial charge in [0.2, 0.25) is 0 Å². The molecule has 0 unspecified atom stereocenters. The average molecular weight is 461 g/mol. The van der Waals surface area contributed by atoms with Crippen molar-refractivity contribution in [1.29, 1.82) is 0 Å². The Balaban J connectivity index is 1.45. The van der Waals surface area contributed by atoms with Gasteiger partial charge < -0.3 is 4.74 Å². The second kappa shape index (κ2) is 9.10. The van der Waals surface area contributed by atoms with Crippen LogP contribution < -0.4 is 4.74 Å². The van der Waals surface area contributed by atoms with Crippen molar-refractivity contribution < 1.29 is 9.53 Å². The lowest BCUT2D eigenvalue weighted by Crippen LogP contribution is -2.28. The number of rotatable bonds is 6. The SMILES string of the molecule is COc1ccc([C@@H]2CC(c3ccc4ccccc4c3)=NN2C(=O)CSc2nncs2)cc1. The van der Waals surface area contributed by atoms with E-state index in [4.69, 9.17) is 9.84 Å². The predicted octanol–water partition coefficient (Wildman–Crippen LogP) is 5.17. The van der Waals surface area contributed by atoms with Gasteiger partial charge in [-0.15, -0.1) is 10.2 Å². The zero-order valence-corrected chi connectivity index (χ0v) is 19.0. The Morgan fingerprint density at radius 3 is 2.69 bits per heavy atom. The summed E-state index contributed by atoms with van der Waals surface area (Å²) in [5.41, 5.74) is 4.64. The van der Waals surface area contributed by atoms with Crippen molar-refractivity contribution in [2.24, 2.45) is 5.10 Å². The highest BCUT2D eigenvalue weighted by Gasteiger charge is 2.33. The van der Waals surface area contributed by atoms with E-state index in [2.05, 4.69) is 40.5 Å². The van der Waals surface area contributed by atoms with Crippen LogP contribution in [0.3, 0.4) is 0 Å². The summed E-state index contributed by atoms with van der Waals surface area (Å²) in [6.45, 7) is 0. The summed E-state index contributed by atoms with van der Waals surface area (Å²) in [5.74, 6) is 0.991. The predicted molar refractivity (Wildman–Crippen MR) is 128 cm³/mol. The first-order valence-electron chi connectivity index (χ1n) is 10.1. The van der Waals surface area contributed by atoms with Crippen LogP contribution in [0, 0.1) is 0 Å². The lowest BCUT2D eigenvalue weighted by molar-refractivity contribution is -0.130. The molecule has 0 radical (unpaired) electrons. The summed E-state index contributed by atoms with van der Waals surface area (Å²) >= 11 is 2.82. The molecule has 1 aliphatic rings. The molecule has 1 aliphatic heterocycles. The molecule has 0 aliphatic carbocycles. The summed E-state index contributed by atoms with van der Waals surface area (Å²) in [6, 6.07) is 22.3. The Morgan fingerprint density at radius 1 is 1.12 bits per heavy atom. The number of benzene rings is 3. The molecule has 0 N–H and O–H groups in total. The van der Waals surface area contributed by atoms with Crippen LogP contribution in [0.5, 0.6) is 5.75 Å². The highest BCUT2D eigenvalue weighted by Crippen LogP contribution is 2.35. The molecule has 160 valence electrons. The standard InChI is InChI=1S/C24H20N4O2S2/c1-30-20-10-8-17(9-11-20)22-13-21(19-7-6-16-4-2-3-5-18(16)12-19)27-28(22)23(29)14-31-24-26-25-15-32-24/h2-12,15,22H,13-14H2,1H3/t22-/m0/s1. The van der Waals surface area contributed by atoms with Crippen LogP contribution in [-0.4, -0.2) is 39.7 Å². The van der Waals surface area contributed by atoms with Crippen LogP contribution in [-0.2, 0) is 4.79 Å². The van der Waals surface area contributed by atoms with Crippen LogP contribution in [0.2, 0.25) is 0 Å². The van der Waals surface area contributed by atoms with Crippen LogP contribution in [0.15, 0.2) is 81.7 Å². The molecule has 3 aromatic carbocycles. The Bertz CT molecular complexity index is 1270. The summed E-state index contributed by atoms with van der Waals surface area (Å²) in [4.78, 5) is 13.2. The van der Waals surface area contributed by atoms with Crippen LogP contribution >= 0.6 is 23.1 Å². The first-order valence-corrected chi connectivity index (χ1v) is 12.0. The van der Waals surface area contributed by atoms with E-state index in [9.17, 15) is 4.79 Å². The molecular formula is C24H20N4O2S2. The van der Waals surface area contributed by atoms with Crippen molar-refractivity contribution in [3.05, 3.63) is 83.4 Å². The maximum Gasteiger partial charge on any atom is 0.253 e. The summed E-state index contributed by atoms with van der Waals surface area (Å²) < 4.78 is 6.07. The van der Waals surface area contributed by atoms with E-state index in [0.717, 1.165) is 32.3 Å². The first-order chi connectivity index (χ1) is 15.7. The molecule has 0 spiro atoms. The number of hydrazone groups is 1. The van der Waals surface area contributed by atoms with E-state index in [1.54, 1.807) is 17.6 Å². The quantitative estimate of drug-likeness (QED) is 0.371. The number of carbonyl (C=O) groups is 1. The third kappa shape index (κ3) is 4.24. The van der Waals surface area contributed by atoms with Crippen molar-refractivity contribution in [3.8, 4) is 5.75 Å². The van der Waals surface area contributed by atoms with Crippen molar-refractivity contribution >= 4 is 45.5 Å². The third-order valence-corrected chi connectivity index (χ3v) is 7.25. The average Bonchev–Trinajstić information content (AvgIpc) is 3.53. The van der Waals surface area contributed by atoms with Crippen molar-refractivity contribution in [2.45, 2.75) is 16.8 Å². The van der Waals surface area contributed by atoms with Crippen molar-refractivity contribution in [2.75, 3.05) is 12.9 Å². The number of methoxy groups -OCH3 is 1. The van der Waals surface area contributed by atoms with Gasteiger partial charge in [0.25, 0.3) is 5.91 Å². The van der Waals surface area contributed by atoms with E-state index in [1.807, 2.05) is 36.4 Å². The fourth-order valence-electron chi connectivity index (χ4n) is 3.78. The highest BCUT2D eigenvalue weighted by atomic mass is 32.2. The van der Waals surface area contributed by atoms with Gasteiger partial charge >= 0.3 is 0 Å². The Morgan fingerprint density at radius 2 is 1.94 bits per heavy atom. The number of nitrogens with zero attached hydrogens (tertiary/aromatic N) is 4. The molecule has 5 rings (SSSR count). The molecule has 6 nitrogen and oxygen atoms in total. The lowest BCUT2D eigenvalue weighted by Gasteiger charge is -2.22. The summed E-state index contributed by atoms with van der Waals surface area (Å²) in [5, 5.41) is 16.6. The number of ether oxygens (including phenoxy) is 1. The smallest absolute Gasteiger partial charge is 0.253 e. The van der Waals surface area contributed by atoms with Crippen molar-refractivity contribution in [3.63, 3.8) is 0 Å². The monoisotopic (exact) mass is 460 g/mol. The number of amides is 1. The topological polar surface area (TPSA) is 67.7 Å². The van der Waals surface area contributed by atoms with Gasteiger partial charge in [0.05, 0.1) is 24.6 Å². The maximum atomic E-state index is 13.2. The largest absolute Gasteiger partial charge is 0.497 e. The van der Waals surface area contributed by atoms with E-state index in [1.165, 1.54) is 28.5 Å². The zero-order chi connectivity index (χ0) is 21.9. The van der Waals surface area contributed by atoms with Gasteiger partial charge in [-0.05, 0) is 40.1 Å². The molecule has 1 aromatic heterocycles. The lowest BCUT2D eigenvalue weighted by atomic mass is 9.97. The van der Waals surface area contributed by atoms with Crippen LogP contribution in [0.1, 0.15) is 23.6 Å². The van der Waals surface area contributed by atoms with Gasteiger partial charge in [0.1, 0.15) is 11.3 Å². The summed E-state index contributed by atoms with van der Waals surface area (Å²) in [7, 11) is 1.64. The van der Waals surface area contributed by atoms with Gasteiger partial charge in [-0.2, -0.15) is 5.10 Å². The van der Waals surface area contributed by atoms with Crippen LogP contribution in [0.4, 0.5) is 0 Å². The fourth-order valence-corrected chi connectivity index (χ4v) is 5.13. The van der Waals surface area contributed by atoms with E-state index < -0.39 is 0 Å². The van der Waals surface area contributed by atoms with E-state index >= 15 is 0 Å². The number of fused-ring (bicyclic) bond motifs is 1. The second-order valence-electron chi connectivity index (χ2n) is 7.33. The normalized spacial score (nSPS) is 15.7. The number of hydrogen-bond donors (Lipinski definition) is 0. The zero-order valence-electron chi connectivity index (χ0n) is 17.3. The molecule has 0 saturated heterocycles. The van der Waals surface area contributed by atoms with Gasteiger partial charge in [0, 0.05) is 6.42 Å². The second-order valence-corrected chi connectivity index (χ2v) is 9.39.